The van der Waals surface area contributed by atoms with Crippen LogP contribution in [0.15, 0.2) is 0 Å². The molecule has 0 aliphatic carbocycles. The summed E-state index contributed by atoms with van der Waals surface area (Å²) < 4.78 is 25.3. The van der Waals surface area contributed by atoms with Gasteiger partial charge in [0.15, 0.2) is 0 Å². The number of halogens is 1. The van der Waals surface area contributed by atoms with E-state index in [-0.39, 0.29) is 30.1 Å². The number of rotatable bonds is 5. The maximum Gasteiger partial charge on any atom is 0.239 e. The van der Waals surface area contributed by atoms with Crippen molar-refractivity contribution in [1.29, 1.82) is 0 Å². The zero-order valence-corrected chi connectivity index (χ0v) is 14.0. The van der Waals surface area contributed by atoms with Gasteiger partial charge in [-0.1, -0.05) is 6.92 Å². The fourth-order valence-corrected chi connectivity index (χ4v) is 3.58. The largest absolute Gasteiger partial charge is 0.352 e. The van der Waals surface area contributed by atoms with Crippen molar-refractivity contribution < 1.29 is 13.2 Å². The number of carbonyl (C=O) groups excluding carboxylic acids is 1. The van der Waals surface area contributed by atoms with Gasteiger partial charge in [0, 0.05) is 19.1 Å². The quantitative estimate of drug-likeness (QED) is 0.767. The fraction of sp³-hybridized carbons (Fsp3) is 0.917. The van der Waals surface area contributed by atoms with Crippen LogP contribution >= 0.6 is 12.4 Å². The number of nitrogens with one attached hydrogen (secondary N) is 1. The number of hydrogen-bond acceptors (Lipinski definition) is 4. The van der Waals surface area contributed by atoms with E-state index in [0.717, 1.165) is 0 Å². The molecule has 1 aliphatic rings. The van der Waals surface area contributed by atoms with Crippen molar-refractivity contribution in [3.63, 3.8) is 0 Å². The van der Waals surface area contributed by atoms with Crippen LogP contribution in [0.25, 0.3) is 0 Å². The molecular formula is C12H26ClN3O3S. The number of nitrogens with zero attached hydrogens (tertiary/aromatic N) is 1. The van der Waals surface area contributed by atoms with Crippen LogP contribution in [0, 0.1) is 0 Å². The Morgan fingerprint density at radius 2 is 1.85 bits per heavy atom. The second kappa shape index (κ2) is 7.59. The normalized spacial score (nSPS) is 18.4. The fourth-order valence-electron chi connectivity index (χ4n) is 2.04. The van der Waals surface area contributed by atoms with Crippen molar-refractivity contribution in [3.8, 4) is 0 Å². The molecule has 1 rings (SSSR count). The second-order valence-corrected chi connectivity index (χ2v) is 7.77. The van der Waals surface area contributed by atoms with E-state index in [1.54, 1.807) is 13.8 Å². The number of piperidine rings is 1. The highest BCUT2D eigenvalue weighted by Crippen LogP contribution is 2.15. The average molecular weight is 328 g/mol. The van der Waals surface area contributed by atoms with Crippen LogP contribution in [0.4, 0.5) is 0 Å². The first-order chi connectivity index (χ1) is 8.66. The molecule has 3 N–H and O–H groups in total. The molecular weight excluding hydrogens is 302 g/mol. The summed E-state index contributed by atoms with van der Waals surface area (Å²) in [4.78, 5) is 11.7. The first-order valence-electron chi connectivity index (χ1n) is 6.74. The molecule has 0 aromatic carbocycles. The van der Waals surface area contributed by atoms with E-state index in [9.17, 15) is 13.2 Å². The predicted molar refractivity (Wildman–Crippen MR) is 82.3 cm³/mol. The molecule has 0 aromatic heterocycles. The van der Waals surface area contributed by atoms with Gasteiger partial charge in [-0.15, -0.1) is 12.4 Å². The Labute approximate surface area is 127 Å². The smallest absolute Gasteiger partial charge is 0.239 e. The molecule has 0 unspecified atom stereocenters. The van der Waals surface area contributed by atoms with Crippen LogP contribution < -0.4 is 11.1 Å². The van der Waals surface area contributed by atoms with E-state index >= 15 is 0 Å². The molecule has 0 aromatic rings. The van der Waals surface area contributed by atoms with E-state index in [0.29, 0.717) is 32.4 Å². The zero-order chi connectivity index (χ0) is 14.7. The van der Waals surface area contributed by atoms with E-state index in [1.807, 2.05) is 6.92 Å². The molecule has 1 fully saturated rings. The Balaban J connectivity index is 0.00000361. The molecule has 1 aliphatic heterocycles. The molecule has 0 atom stereocenters. The van der Waals surface area contributed by atoms with E-state index in [1.165, 1.54) is 4.31 Å². The third kappa shape index (κ3) is 5.55. The minimum Gasteiger partial charge on any atom is -0.352 e. The molecule has 6 nitrogen and oxygen atoms in total. The molecule has 0 saturated carbocycles. The molecule has 20 heavy (non-hydrogen) atoms. The Kier molecular flexibility index (Phi) is 7.44. The number of sulfonamides is 1. The lowest BCUT2D eigenvalue weighted by atomic mass is 10.0. The second-order valence-electron chi connectivity index (χ2n) is 5.68. The van der Waals surface area contributed by atoms with E-state index in [4.69, 9.17) is 5.73 Å². The average Bonchev–Trinajstić information content (AvgIpc) is 2.28. The van der Waals surface area contributed by atoms with Crippen LogP contribution in [0.3, 0.4) is 0 Å². The summed E-state index contributed by atoms with van der Waals surface area (Å²) in [5, 5.41) is 2.88. The van der Waals surface area contributed by atoms with Gasteiger partial charge in [0.05, 0.1) is 11.3 Å². The molecule has 120 valence electrons. The minimum absolute atomic E-state index is 0. The van der Waals surface area contributed by atoms with Crippen LogP contribution in [0.1, 0.15) is 40.0 Å². The summed E-state index contributed by atoms with van der Waals surface area (Å²) in [6.45, 7) is 6.11. The SMILES string of the molecule is CCCS(=O)(=O)N1CCC(NC(=O)C(C)(C)N)CC1.Cl. The molecule has 0 radical (unpaired) electrons. The number of carbonyl (C=O) groups is 1. The van der Waals surface area contributed by atoms with Crippen molar-refractivity contribution in [2.45, 2.75) is 51.6 Å². The van der Waals surface area contributed by atoms with Crippen molar-refractivity contribution in [3.05, 3.63) is 0 Å². The van der Waals surface area contributed by atoms with Crippen LogP contribution in [0.5, 0.6) is 0 Å². The maximum atomic E-state index is 11.9. The third-order valence-corrected chi connectivity index (χ3v) is 5.31. The first kappa shape index (κ1) is 19.6. The van der Waals surface area contributed by atoms with Crippen molar-refractivity contribution in [2.75, 3.05) is 18.8 Å². The maximum absolute atomic E-state index is 11.9. The zero-order valence-electron chi connectivity index (χ0n) is 12.4. The number of nitrogens with two attached hydrogens (primary N) is 1. The van der Waals surface area contributed by atoms with Gasteiger partial charge in [-0.25, -0.2) is 12.7 Å². The first-order valence-corrected chi connectivity index (χ1v) is 8.35. The lowest BCUT2D eigenvalue weighted by molar-refractivity contribution is -0.126. The van der Waals surface area contributed by atoms with Crippen LogP contribution in [-0.4, -0.2) is 49.1 Å². The van der Waals surface area contributed by atoms with Gasteiger partial charge in [-0.2, -0.15) is 0 Å². The molecule has 1 saturated heterocycles. The number of amides is 1. The molecule has 1 amide bonds. The highest BCUT2D eigenvalue weighted by atomic mass is 35.5. The Hall–Kier alpha value is -0.370. The van der Waals surface area contributed by atoms with Crippen molar-refractivity contribution in [1.82, 2.24) is 9.62 Å². The Morgan fingerprint density at radius 3 is 2.25 bits per heavy atom. The lowest BCUT2D eigenvalue weighted by Gasteiger charge is -2.33. The van der Waals surface area contributed by atoms with Crippen LogP contribution in [-0.2, 0) is 14.8 Å². The summed E-state index contributed by atoms with van der Waals surface area (Å²) in [5.41, 5.74) is 4.82. The van der Waals surface area contributed by atoms with Gasteiger partial charge in [0.1, 0.15) is 0 Å². The lowest BCUT2D eigenvalue weighted by Crippen LogP contribution is -2.54. The molecule has 8 heteroatoms. The summed E-state index contributed by atoms with van der Waals surface area (Å²) in [7, 11) is -3.12. The van der Waals surface area contributed by atoms with Gasteiger partial charge >= 0.3 is 0 Å². The van der Waals surface area contributed by atoms with Gasteiger partial charge in [-0.3, -0.25) is 4.79 Å². The highest BCUT2D eigenvalue weighted by molar-refractivity contribution is 7.89. The van der Waals surface area contributed by atoms with Gasteiger partial charge < -0.3 is 11.1 Å². The topological polar surface area (TPSA) is 92.5 Å². The molecule has 1 heterocycles. The van der Waals surface area contributed by atoms with E-state index < -0.39 is 15.6 Å². The summed E-state index contributed by atoms with van der Waals surface area (Å²) in [6.07, 6.45) is 1.91. The van der Waals surface area contributed by atoms with Gasteiger partial charge in [-0.05, 0) is 33.1 Å². The Bertz CT molecular complexity index is 412. The molecule has 0 spiro atoms. The predicted octanol–water partition coefficient (Wildman–Crippen LogP) is 0.466. The molecule has 0 bridgehead atoms. The number of hydrogen-bond donors (Lipinski definition) is 2. The summed E-state index contributed by atoms with van der Waals surface area (Å²) >= 11 is 0. The Morgan fingerprint density at radius 1 is 1.35 bits per heavy atom. The van der Waals surface area contributed by atoms with E-state index in [2.05, 4.69) is 5.32 Å². The standard InChI is InChI=1S/C12H25N3O3S.ClH/c1-4-9-19(17,18)15-7-5-10(6-8-15)14-11(16)12(2,3)13;/h10H,4-9,13H2,1-3H3,(H,14,16);1H. The monoisotopic (exact) mass is 327 g/mol. The van der Waals surface area contributed by atoms with Gasteiger partial charge in [0.25, 0.3) is 0 Å². The minimum atomic E-state index is -3.12. The van der Waals surface area contributed by atoms with Crippen molar-refractivity contribution >= 4 is 28.3 Å². The summed E-state index contributed by atoms with van der Waals surface area (Å²) in [6, 6.07) is 0.0170. The highest BCUT2D eigenvalue weighted by Gasteiger charge is 2.30. The van der Waals surface area contributed by atoms with Gasteiger partial charge in [0.2, 0.25) is 15.9 Å². The van der Waals surface area contributed by atoms with Crippen LogP contribution in [0.2, 0.25) is 0 Å². The third-order valence-electron chi connectivity index (χ3n) is 3.23. The summed E-state index contributed by atoms with van der Waals surface area (Å²) in [5.74, 6) is 0.00205. The van der Waals surface area contributed by atoms with Crippen molar-refractivity contribution in [2.24, 2.45) is 5.73 Å².